The standard InChI is InChI=1S/C6H10O8.2H2O.Zn/c7-1(3(9)5(11)12)2(8)4(10)6(13)14;;;/h1-4,7-10H,(H,11,12)(H,13,14);2*1H2;. The smallest absolute Gasteiger partial charge is 0.335 e. The quantitative estimate of drug-likeness (QED) is 0.269. The molecular weight excluding hydrogens is 297 g/mol. The van der Waals surface area contributed by atoms with Gasteiger partial charge >= 0.3 is 11.9 Å². The Labute approximate surface area is 107 Å². The molecule has 4 unspecified atom stereocenters. The molecule has 0 saturated heterocycles. The zero-order valence-electron chi connectivity index (χ0n) is 8.52. The largest absolute Gasteiger partial charge is 0.479 e. The SMILES string of the molecule is O.O.O=C(O)C(O)C(O)C(O)C(O)C(=O)O.[Zn]. The van der Waals surface area contributed by atoms with Gasteiger partial charge in [0.2, 0.25) is 0 Å². The van der Waals surface area contributed by atoms with Crippen molar-refractivity contribution in [3.8, 4) is 0 Å². The molecule has 0 rings (SSSR count). The summed E-state index contributed by atoms with van der Waals surface area (Å²) >= 11 is 0. The normalized spacial score (nSPS) is 16.0. The van der Waals surface area contributed by atoms with Crippen LogP contribution in [0.4, 0.5) is 0 Å². The van der Waals surface area contributed by atoms with Crippen molar-refractivity contribution in [2.45, 2.75) is 24.4 Å². The van der Waals surface area contributed by atoms with Gasteiger partial charge in [-0.1, -0.05) is 0 Å². The second-order valence-corrected chi connectivity index (χ2v) is 2.55. The summed E-state index contributed by atoms with van der Waals surface area (Å²) in [6.07, 6.45) is -9.28. The Morgan fingerprint density at radius 2 is 0.882 bits per heavy atom. The van der Waals surface area contributed by atoms with Gasteiger partial charge in [-0.15, -0.1) is 0 Å². The number of carboxylic acids is 2. The molecule has 0 spiro atoms. The average molecular weight is 312 g/mol. The van der Waals surface area contributed by atoms with E-state index in [-0.39, 0.29) is 30.4 Å². The summed E-state index contributed by atoms with van der Waals surface area (Å²) in [5.74, 6) is -3.68. The number of carboxylic acid groups (broad SMARTS) is 2. The molecule has 0 radical (unpaired) electrons. The maximum atomic E-state index is 10.1. The molecule has 0 aliphatic heterocycles. The van der Waals surface area contributed by atoms with Gasteiger partial charge in [-0.25, -0.2) is 9.59 Å². The Bertz CT molecular complexity index is 209. The number of aliphatic carboxylic acids is 2. The van der Waals surface area contributed by atoms with Gasteiger partial charge in [0.05, 0.1) is 0 Å². The van der Waals surface area contributed by atoms with Crippen LogP contribution in [0.2, 0.25) is 0 Å². The minimum atomic E-state index is -2.36. The van der Waals surface area contributed by atoms with Crippen LogP contribution < -0.4 is 0 Å². The molecule has 0 aromatic carbocycles. The van der Waals surface area contributed by atoms with Crippen LogP contribution in [-0.2, 0) is 29.1 Å². The van der Waals surface area contributed by atoms with Crippen LogP contribution in [0.1, 0.15) is 0 Å². The first-order valence-electron chi connectivity index (χ1n) is 3.47. The summed E-state index contributed by atoms with van der Waals surface area (Å²) in [6.45, 7) is 0. The van der Waals surface area contributed by atoms with Gasteiger partial charge in [-0.2, -0.15) is 0 Å². The van der Waals surface area contributed by atoms with Gasteiger partial charge in [0.1, 0.15) is 12.2 Å². The molecule has 0 aromatic rings. The Morgan fingerprint density at radius 3 is 1.00 bits per heavy atom. The van der Waals surface area contributed by atoms with E-state index < -0.39 is 36.4 Å². The molecule has 0 fully saturated rings. The first-order chi connectivity index (χ1) is 6.29. The van der Waals surface area contributed by atoms with Gasteiger partial charge in [0.15, 0.2) is 12.2 Å². The minimum Gasteiger partial charge on any atom is -0.479 e. The maximum Gasteiger partial charge on any atom is 0.335 e. The van der Waals surface area contributed by atoms with Crippen LogP contribution in [0.15, 0.2) is 0 Å². The van der Waals surface area contributed by atoms with E-state index in [0.29, 0.717) is 0 Å². The van der Waals surface area contributed by atoms with Crippen molar-refractivity contribution in [1.29, 1.82) is 0 Å². The van der Waals surface area contributed by atoms with Crippen LogP contribution in [0.25, 0.3) is 0 Å². The molecule has 17 heavy (non-hydrogen) atoms. The predicted octanol–water partition coefficient (Wildman–Crippen LogP) is -5.05. The fraction of sp³-hybridized carbons (Fsp3) is 0.667. The third kappa shape index (κ3) is 7.28. The van der Waals surface area contributed by atoms with Crippen LogP contribution in [0.3, 0.4) is 0 Å². The zero-order chi connectivity index (χ0) is 11.5. The Hall–Kier alpha value is -0.677. The first kappa shape index (κ1) is 25.2. The molecular formula is C6H14O10Zn. The number of rotatable bonds is 5. The van der Waals surface area contributed by atoms with Crippen LogP contribution in [-0.4, -0.2) is 77.9 Å². The van der Waals surface area contributed by atoms with Gasteiger partial charge in [0.25, 0.3) is 0 Å². The van der Waals surface area contributed by atoms with Gasteiger partial charge in [-0.05, 0) is 0 Å². The van der Waals surface area contributed by atoms with E-state index in [2.05, 4.69) is 0 Å². The average Bonchev–Trinajstić information content (AvgIpc) is 2.12. The summed E-state index contributed by atoms with van der Waals surface area (Å²) in [5, 5.41) is 51.5. The van der Waals surface area contributed by atoms with E-state index in [0.717, 1.165) is 0 Å². The molecule has 0 amide bonds. The molecule has 0 aliphatic carbocycles. The van der Waals surface area contributed by atoms with Crippen molar-refractivity contribution in [3.05, 3.63) is 0 Å². The molecule has 0 saturated carbocycles. The molecule has 100 valence electrons. The first-order valence-corrected chi connectivity index (χ1v) is 3.47. The molecule has 0 bridgehead atoms. The summed E-state index contributed by atoms with van der Waals surface area (Å²) in [5.41, 5.74) is 0. The zero-order valence-corrected chi connectivity index (χ0v) is 11.5. The molecule has 0 heterocycles. The summed E-state index contributed by atoms with van der Waals surface area (Å²) in [7, 11) is 0. The minimum absolute atomic E-state index is 0. The third-order valence-electron chi connectivity index (χ3n) is 1.50. The van der Waals surface area contributed by atoms with Crippen molar-refractivity contribution >= 4 is 11.9 Å². The van der Waals surface area contributed by atoms with E-state index in [9.17, 15) is 9.59 Å². The summed E-state index contributed by atoms with van der Waals surface area (Å²) < 4.78 is 0. The molecule has 10 nitrogen and oxygen atoms in total. The van der Waals surface area contributed by atoms with Gasteiger partial charge < -0.3 is 41.6 Å². The number of hydrogen-bond donors (Lipinski definition) is 6. The van der Waals surface area contributed by atoms with Crippen molar-refractivity contribution in [2.24, 2.45) is 0 Å². The van der Waals surface area contributed by atoms with E-state index >= 15 is 0 Å². The number of aliphatic hydroxyl groups is 4. The van der Waals surface area contributed by atoms with Crippen LogP contribution >= 0.6 is 0 Å². The van der Waals surface area contributed by atoms with E-state index in [1.165, 1.54) is 0 Å². The van der Waals surface area contributed by atoms with E-state index in [1.807, 2.05) is 0 Å². The molecule has 0 aliphatic rings. The summed E-state index contributed by atoms with van der Waals surface area (Å²) in [4.78, 5) is 20.2. The summed E-state index contributed by atoms with van der Waals surface area (Å²) in [6, 6.07) is 0. The molecule has 11 heteroatoms. The van der Waals surface area contributed by atoms with Gasteiger partial charge in [0, 0.05) is 19.5 Å². The van der Waals surface area contributed by atoms with Crippen LogP contribution in [0.5, 0.6) is 0 Å². The van der Waals surface area contributed by atoms with Crippen molar-refractivity contribution < 1.29 is 70.7 Å². The molecule has 10 N–H and O–H groups in total. The number of aliphatic hydroxyl groups excluding tert-OH is 4. The van der Waals surface area contributed by atoms with Crippen molar-refractivity contribution in [2.75, 3.05) is 0 Å². The topological polar surface area (TPSA) is 219 Å². The number of carbonyl (C=O) groups is 2. The Morgan fingerprint density at radius 1 is 0.706 bits per heavy atom. The second-order valence-electron chi connectivity index (χ2n) is 2.55. The van der Waals surface area contributed by atoms with E-state index in [1.54, 1.807) is 0 Å². The molecule has 0 aromatic heterocycles. The Balaban J connectivity index is -0.000000282. The van der Waals surface area contributed by atoms with Crippen molar-refractivity contribution in [3.63, 3.8) is 0 Å². The van der Waals surface area contributed by atoms with E-state index in [4.69, 9.17) is 30.6 Å². The number of hydrogen-bond acceptors (Lipinski definition) is 6. The fourth-order valence-corrected chi connectivity index (χ4v) is 0.666. The van der Waals surface area contributed by atoms with Gasteiger partial charge in [-0.3, -0.25) is 0 Å². The Kier molecular flexibility index (Phi) is 15.6. The molecule has 4 atom stereocenters. The van der Waals surface area contributed by atoms with Crippen LogP contribution in [0, 0.1) is 0 Å². The monoisotopic (exact) mass is 310 g/mol. The maximum absolute atomic E-state index is 10.1. The van der Waals surface area contributed by atoms with Crippen molar-refractivity contribution in [1.82, 2.24) is 0 Å². The second kappa shape index (κ2) is 10.5. The fourth-order valence-electron chi connectivity index (χ4n) is 0.666. The third-order valence-corrected chi connectivity index (χ3v) is 1.50. The predicted molar refractivity (Wildman–Crippen MR) is 46.5 cm³/mol.